The lowest BCUT2D eigenvalue weighted by Gasteiger charge is -2.26. The average molecular weight is 510 g/mol. The van der Waals surface area contributed by atoms with Gasteiger partial charge in [-0.3, -0.25) is 19.1 Å². The van der Waals surface area contributed by atoms with E-state index in [1.165, 1.54) is 18.4 Å². The number of ketones is 1. The number of esters is 1. The van der Waals surface area contributed by atoms with E-state index in [1.54, 1.807) is 58.5 Å². The molecule has 0 saturated carbocycles. The summed E-state index contributed by atoms with van der Waals surface area (Å²) >= 11 is 0. The van der Waals surface area contributed by atoms with Crippen LogP contribution >= 0.6 is 0 Å². The maximum absolute atomic E-state index is 13.1. The van der Waals surface area contributed by atoms with E-state index in [1.807, 2.05) is 0 Å². The van der Waals surface area contributed by atoms with Crippen LogP contribution in [-0.4, -0.2) is 58.3 Å². The van der Waals surface area contributed by atoms with E-state index < -0.39 is 23.3 Å². The van der Waals surface area contributed by atoms with Crippen molar-refractivity contribution in [2.75, 3.05) is 20.3 Å². The van der Waals surface area contributed by atoms with Crippen LogP contribution in [0.4, 0.5) is 4.79 Å². The molecule has 10 heteroatoms. The Morgan fingerprint density at radius 2 is 1.92 bits per heavy atom. The molecule has 3 aromatic heterocycles. The third-order valence-electron chi connectivity index (χ3n) is 5.95. The van der Waals surface area contributed by atoms with Crippen LogP contribution in [0.5, 0.6) is 5.75 Å². The van der Waals surface area contributed by atoms with Crippen molar-refractivity contribution >= 4 is 28.7 Å². The van der Waals surface area contributed by atoms with Crippen molar-refractivity contribution in [3.05, 3.63) is 42.0 Å². The molecule has 0 N–H and O–H groups in total. The highest BCUT2D eigenvalue weighted by Gasteiger charge is 2.39. The Morgan fingerprint density at radius 1 is 1.16 bits per heavy atom. The maximum Gasteiger partial charge on any atom is 0.419 e. The largest absolute Gasteiger partial charge is 0.443 e. The van der Waals surface area contributed by atoms with Gasteiger partial charge >= 0.3 is 12.1 Å². The number of aromatic nitrogens is 3. The number of hydrogen-bond acceptors (Lipinski definition) is 9. The van der Waals surface area contributed by atoms with Crippen molar-refractivity contribution < 1.29 is 33.3 Å². The van der Waals surface area contributed by atoms with Gasteiger partial charge in [0.25, 0.3) is 0 Å². The highest BCUT2D eigenvalue weighted by Crippen LogP contribution is 2.38. The molecule has 0 aromatic carbocycles. The number of Topliss-reactive ketones (excluding diaryl/α,β-unsaturated/α-hetero) is 1. The maximum atomic E-state index is 13.1. The Morgan fingerprint density at radius 3 is 2.51 bits per heavy atom. The van der Waals surface area contributed by atoms with Crippen molar-refractivity contribution in [2.45, 2.75) is 58.7 Å². The van der Waals surface area contributed by atoms with Gasteiger partial charge in [-0.05, 0) is 33.8 Å². The van der Waals surface area contributed by atoms with Crippen LogP contribution < -0.4 is 4.74 Å². The number of carbonyl (C=O) groups is 3. The van der Waals surface area contributed by atoms with Crippen LogP contribution in [0.25, 0.3) is 22.2 Å². The van der Waals surface area contributed by atoms with Crippen LogP contribution in [-0.2, 0) is 35.8 Å². The average Bonchev–Trinajstić information content (AvgIpc) is 3.42. The van der Waals surface area contributed by atoms with Crippen molar-refractivity contribution in [1.82, 2.24) is 14.5 Å². The minimum absolute atomic E-state index is 0.0412. The number of hydrogen-bond donors (Lipinski definition) is 0. The molecule has 0 amide bonds. The van der Waals surface area contributed by atoms with E-state index in [2.05, 4.69) is 4.98 Å². The fraction of sp³-hybridized carbons (Fsp3) is 0.444. The molecule has 10 nitrogen and oxygen atoms in total. The highest BCUT2D eigenvalue weighted by molar-refractivity contribution is 6.00. The molecule has 1 fully saturated rings. The third-order valence-corrected chi connectivity index (χ3v) is 5.95. The Bertz CT molecular complexity index is 1360. The minimum atomic E-state index is -0.810. The van der Waals surface area contributed by atoms with E-state index in [0.717, 1.165) is 0 Å². The van der Waals surface area contributed by atoms with Gasteiger partial charge in [0.05, 0.1) is 29.7 Å². The number of fused-ring (bicyclic) bond motifs is 1. The summed E-state index contributed by atoms with van der Waals surface area (Å²) < 4.78 is 23.8. The number of ether oxygens (including phenoxy) is 4. The zero-order valence-corrected chi connectivity index (χ0v) is 21.9. The van der Waals surface area contributed by atoms with Gasteiger partial charge < -0.3 is 18.9 Å². The van der Waals surface area contributed by atoms with E-state index in [-0.39, 0.29) is 18.0 Å². The molecule has 1 atom stereocenters. The van der Waals surface area contributed by atoms with Crippen molar-refractivity contribution in [3.8, 4) is 17.0 Å². The summed E-state index contributed by atoms with van der Waals surface area (Å²) in [5, 5.41) is 0.643. The van der Waals surface area contributed by atoms with E-state index in [9.17, 15) is 14.4 Å². The molecule has 3 aromatic rings. The first-order valence-electron chi connectivity index (χ1n) is 12.0. The van der Waals surface area contributed by atoms with Crippen molar-refractivity contribution in [2.24, 2.45) is 0 Å². The lowest BCUT2D eigenvalue weighted by molar-refractivity contribution is -0.131. The first kappa shape index (κ1) is 26.4. The van der Waals surface area contributed by atoms with Gasteiger partial charge in [-0.2, -0.15) is 0 Å². The lowest BCUT2D eigenvalue weighted by Crippen LogP contribution is -2.30. The van der Waals surface area contributed by atoms with Gasteiger partial charge in [0.15, 0.2) is 0 Å². The molecule has 1 aliphatic rings. The molecule has 1 aliphatic heterocycles. The number of carbonyl (C=O) groups excluding carboxylic acids is 3. The lowest BCUT2D eigenvalue weighted by atomic mass is 9.96. The zero-order valence-electron chi connectivity index (χ0n) is 21.9. The summed E-state index contributed by atoms with van der Waals surface area (Å²) in [4.78, 5) is 46.0. The van der Waals surface area contributed by atoms with E-state index in [4.69, 9.17) is 23.9 Å². The summed E-state index contributed by atoms with van der Waals surface area (Å²) in [5.41, 5.74) is 1.08. The second-order valence-electron chi connectivity index (χ2n) is 10.1. The number of rotatable bonds is 6. The summed E-state index contributed by atoms with van der Waals surface area (Å²) in [6.07, 6.45) is 3.29. The molecular weight excluding hydrogens is 478 g/mol. The second kappa shape index (κ2) is 10.0. The summed E-state index contributed by atoms with van der Waals surface area (Å²) in [6, 6.07) is 5.06. The number of methoxy groups -OCH3 is 1. The molecule has 0 bridgehead atoms. The highest BCUT2D eigenvalue weighted by atomic mass is 16.6. The molecular formula is C27H31N3O7. The molecule has 37 heavy (non-hydrogen) atoms. The summed E-state index contributed by atoms with van der Waals surface area (Å²) in [7, 11) is 1.59. The van der Waals surface area contributed by atoms with Gasteiger partial charge in [0.1, 0.15) is 22.7 Å². The quantitative estimate of drug-likeness (QED) is 0.450. The van der Waals surface area contributed by atoms with Crippen molar-refractivity contribution in [3.63, 3.8) is 0 Å². The fourth-order valence-corrected chi connectivity index (χ4v) is 4.30. The summed E-state index contributed by atoms with van der Waals surface area (Å²) in [6.45, 7) is 8.95. The molecule has 1 unspecified atom stereocenters. The minimum Gasteiger partial charge on any atom is -0.443 e. The first-order valence-corrected chi connectivity index (χ1v) is 12.0. The van der Waals surface area contributed by atoms with Crippen LogP contribution in [0, 0.1) is 0 Å². The van der Waals surface area contributed by atoms with Gasteiger partial charge in [0, 0.05) is 68.5 Å². The first-order chi connectivity index (χ1) is 17.4. The number of pyridine rings is 2. The Kier molecular flexibility index (Phi) is 7.16. The molecule has 0 spiro atoms. The molecule has 0 aliphatic carbocycles. The Hall–Kier alpha value is -3.63. The zero-order chi connectivity index (χ0) is 27.0. The van der Waals surface area contributed by atoms with E-state index >= 15 is 0 Å². The second-order valence-corrected chi connectivity index (χ2v) is 10.1. The number of nitrogens with zero attached hydrogens (tertiary/aromatic N) is 3. The fourth-order valence-electron chi connectivity index (χ4n) is 4.30. The third kappa shape index (κ3) is 5.70. The van der Waals surface area contributed by atoms with Crippen LogP contribution in [0.3, 0.4) is 0 Å². The van der Waals surface area contributed by atoms with Crippen LogP contribution in [0.1, 0.15) is 52.4 Å². The predicted octanol–water partition coefficient (Wildman–Crippen LogP) is 4.20. The smallest absolute Gasteiger partial charge is 0.419 e. The Labute approximate surface area is 214 Å². The molecule has 196 valence electrons. The van der Waals surface area contributed by atoms with Gasteiger partial charge in [-0.25, -0.2) is 9.78 Å². The molecule has 4 heterocycles. The topological polar surface area (TPSA) is 119 Å². The SMILES string of the molecule is COC1(c2cc(OC(C)=O)cc(-c3cn(C(=O)OC(C)(C)C)c4cnc(CC(C)=O)cc34)n2)CCOC1. The van der Waals surface area contributed by atoms with Gasteiger partial charge in [0.2, 0.25) is 0 Å². The Balaban J connectivity index is 1.95. The van der Waals surface area contributed by atoms with Crippen LogP contribution in [0.2, 0.25) is 0 Å². The van der Waals surface area contributed by atoms with Gasteiger partial charge in [-0.1, -0.05) is 0 Å². The molecule has 0 radical (unpaired) electrons. The molecule has 1 saturated heterocycles. The van der Waals surface area contributed by atoms with Crippen molar-refractivity contribution in [1.29, 1.82) is 0 Å². The predicted molar refractivity (Wildman–Crippen MR) is 134 cm³/mol. The summed E-state index contributed by atoms with van der Waals surface area (Å²) in [5.74, 6) is -0.242. The molecule has 4 rings (SSSR count). The van der Waals surface area contributed by atoms with Crippen LogP contribution in [0.15, 0.2) is 30.6 Å². The van der Waals surface area contributed by atoms with Gasteiger partial charge in [-0.15, -0.1) is 0 Å². The normalized spacial score (nSPS) is 17.7. The standard InChI is InChI=1S/C27H31N3O7/c1-16(31)9-18-10-20-21(14-30(23(20)13-28-18)25(33)37-26(3,4)5)22-11-19(36-17(2)32)12-24(29-22)27(34-6)7-8-35-15-27/h10-14H,7-9,15H2,1-6H3. The monoisotopic (exact) mass is 509 g/mol. The van der Waals surface area contributed by atoms with E-state index in [0.29, 0.717) is 53.2 Å².